The molecule has 1 aromatic carbocycles. The first-order valence-corrected chi connectivity index (χ1v) is 8.58. The van der Waals surface area contributed by atoms with E-state index in [2.05, 4.69) is 26.3 Å². The van der Waals surface area contributed by atoms with Crippen LogP contribution in [0.15, 0.2) is 51.6 Å². The van der Waals surface area contributed by atoms with E-state index in [1.807, 2.05) is 31.2 Å². The minimum absolute atomic E-state index is 0.0642. The van der Waals surface area contributed by atoms with Crippen molar-refractivity contribution in [3.8, 4) is 5.69 Å². The van der Waals surface area contributed by atoms with E-state index in [-0.39, 0.29) is 12.5 Å². The molecule has 0 radical (unpaired) electrons. The second-order valence-electron chi connectivity index (χ2n) is 5.68. The van der Waals surface area contributed by atoms with Crippen molar-refractivity contribution in [3.63, 3.8) is 0 Å². The molecular weight excluding hydrogens is 386 g/mol. The molecule has 0 aliphatic carbocycles. The summed E-state index contributed by atoms with van der Waals surface area (Å²) in [6.07, 6.45) is 0.595. The number of furan rings is 1. The van der Waals surface area contributed by atoms with Gasteiger partial charge in [0.05, 0.1) is 35.4 Å². The summed E-state index contributed by atoms with van der Waals surface area (Å²) in [6, 6.07) is 11.0. The van der Waals surface area contributed by atoms with Crippen LogP contribution >= 0.6 is 15.9 Å². The van der Waals surface area contributed by atoms with Crippen molar-refractivity contribution in [2.45, 2.75) is 20.0 Å². The average Bonchev–Trinajstić information content (AvgIpc) is 3.22. The van der Waals surface area contributed by atoms with Gasteiger partial charge in [-0.1, -0.05) is 15.9 Å². The monoisotopic (exact) mass is 403 g/mol. The van der Waals surface area contributed by atoms with Crippen molar-refractivity contribution in [1.82, 2.24) is 15.1 Å². The molecule has 130 valence electrons. The molecule has 0 spiro atoms. The lowest BCUT2D eigenvalue weighted by molar-refractivity contribution is 0.0900. The topological polar surface area (TPSA) is 80.3 Å². The number of aryl methyl sites for hydroxylation is 1. The standard InChI is InChI=1S/C18H18BrN3O3/c1-11-17(18(24)20-10-15(23)16-4-3-9-25-16)12(2)22(21-11)14-7-5-13(19)6-8-14/h3-9,15,23H,10H2,1-2H3,(H,20,24). The molecule has 3 rings (SSSR count). The van der Waals surface area contributed by atoms with Crippen LogP contribution in [0.4, 0.5) is 0 Å². The minimum Gasteiger partial charge on any atom is -0.467 e. The molecular formula is C18H18BrN3O3. The second-order valence-corrected chi connectivity index (χ2v) is 6.59. The number of aliphatic hydroxyl groups is 1. The van der Waals surface area contributed by atoms with Crippen LogP contribution < -0.4 is 5.32 Å². The first-order valence-electron chi connectivity index (χ1n) is 7.79. The van der Waals surface area contributed by atoms with Crippen LogP contribution in [0.25, 0.3) is 5.69 Å². The van der Waals surface area contributed by atoms with Crippen LogP contribution in [-0.2, 0) is 0 Å². The van der Waals surface area contributed by atoms with Crippen molar-refractivity contribution in [2.75, 3.05) is 6.54 Å². The summed E-state index contributed by atoms with van der Waals surface area (Å²) in [5, 5.41) is 17.2. The van der Waals surface area contributed by atoms with Gasteiger partial charge < -0.3 is 14.8 Å². The Labute approximate surface area is 153 Å². The van der Waals surface area contributed by atoms with Gasteiger partial charge in [0.25, 0.3) is 5.91 Å². The lowest BCUT2D eigenvalue weighted by Gasteiger charge is -2.10. The molecule has 2 heterocycles. The number of aromatic nitrogens is 2. The van der Waals surface area contributed by atoms with E-state index in [9.17, 15) is 9.90 Å². The summed E-state index contributed by atoms with van der Waals surface area (Å²) in [5.74, 6) is 0.142. The third-order valence-corrected chi connectivity index (χ3v) is 4.45. The first-order chi connectivity index (χ1) is 12.0. The molecule has 0 saturated heterocycles. The third-order valence-electron chi connectivity index (χ3n) is 3.92. The van der Waals surface area contributed by atoms with Gasteiger partial charge in [0.2, 0.25) is 0 Å². The molecule has 1 atom stereocenters. The predicted molar refractivity (Wildman–Crippen MR) is 96.7 cm³/mol. The highest BCUT2D eigenvalue weighted by Gasteiger charge is 2.20. The Hall–Kier alpha value is -2.38. The fourth-order valence-corrected chi connectivity index (χ4v) is 2.93. The number of hydrogen-bond acceptors (Lipinski definition) is 4. The lowest BCUT2D eigenvalue weighted by Crippen LogP contribution is -2.29. The molecule has 0 fully saturated rings. The van der Waals surface area contributed by atoms with Crippen molar-refractivity contribution < 1.29 is 14.3 Å². The summed E-state index contributed by atoms with van der Waals surface area (Å²) in [5.41, 5.74) is 2.75. The fourth-order valence-electron chi connectivity index (χ4n) is 2.66. The van der Waals surface area contributed by atoms with E-state index in [1.165, 1.54) is 6.26 Å². The minimum atomic E-state index is -0.888. The van der Waals surface area contributed by atoms with Gasteiger partial charge in [-0.15, -0.1) is 0 Å². The van der Waals surface area contributed by atoms with Crippen molar-refractivity contribution in [1.29, 1.82) is 0 Å². The smallest absolute Gasteiger partial charge is 0.255 e. The predicted octanol–water partition coefficient (Wildman–Crippen LogP) is 3.31. The van der Waals surface area contributed by atoms with Gasteiger partial charge in [0, 0.05) is 4.47 Å². The van der Waals surface area contributed by atoms with Crippen LogP contribution in [0.5, 0.6) is 0 Å². The number of halogens is 1. The number of nitrogens with zero attached hydrogens (tertiary/aromatic N) is 2. The third kappa shape index (κ3) is 3.67. The molecule has 1 amide bonds. The molecule has 1 unspecified atom stereocenters. The largest absolute Gasteiger partial charge is 0.467 e. The van der Waals surface area contributed by atoms with E-state index in [4.69, 9.17) is 4.42 Å². The Balaban J connectivity index is 1.78. The Kier molecular flexibility index (Phi) is 5.06. The molecule has 0 aliphatic heterocycles. The average molecular weight is 404 g/mol. The van der Waals surface area contributed by atoms with Gasteiger partial charge >= 0.3 is 0 Å². The van der Waals surface area contributed by atoms with Gasteiger partial charge in [0.1, 0.15) is 11.9 Å². The molecule has 25 heavy (non-hydrogen) atoms. The zero-order chi connectivity index (χ0) is 18.0. The van der Waals surface area contributed by atoms with Crippen LogP contribution in [0.1, 0.15) is 33.6 Å². The quantitative estimate of drug-likeness (QED) is 0.684. The maximum Gasteiger partial charge on any atom is 0.255 e. The van der Waals surface area contributed by atoms with Crippen LogP contribution in [-0.4, -0.2) is 27.3 Å². The molecule has 2 N–H and O–H groups in total. The highest BCUT2D eigenvalue weighted by atomic mass is 79.9. The number of aliphatic hydroxyl groups excluding tert-OH is 1. The van der Waals surface area contributed by atoms with Gasteiger partial charge in [-0.3, -0.25) is 4.79 Å². The second kappa shape index (κ2) is 7.25. The molecule has 6 nitrogen and oxygen atoms in total. The number of carbonyl (C=O) groups is 1. The highest BCUT2D eigenvalue weighted by Crippen LogP contribution is 2.20. The van der Waals surface area contributed by atoms with E-state index >= 15 is 0 Å². The Morgan fingerprint density at radius 2 is 2.04 bits per heavy atom. The fraction of sp³-hybridized carbons (Fsp3) is 0.222. The first kappa shape index (κ1) is 17.4. The summed E-state index contributed by atoms with van der Waals surface area (Å²) >= 11 is 3.40. The van der Waals surface area contributed by atoms with Gasteiger partial charge in [-0.25, -0.2) is 4.68 Å². The summed E-state index contributed by atoms with van der Waals surface area (Å²) in [4.78, 5) is 12.5. The number of hydrogen-bond donors (Lipinski definition) is 2. The van der Waals surface area contributed by atoms with Crippen molar-refractivity contribution >= 4 is 21.8 Å². The molecule has 2 aromatic heterocycles. The van der Waals surface area contributed by atoms with E-state index < -0.39 is 6.10 Å². The Bertz CT molecular complexity index is 870. The van der Waals surface area contributed by atoms with Crippen LogP contribution in [0.3, 0.4) is 0 Å². The number of amides is 1. The number of benzene rings is 1. The molecule has 3 aromatic rings. The summed E-state index contributed by atoms with van der Waals surface area (Å²) in [6.45, 7) is 3.70. The van der Waals surface area contributed by atoms with Crippen molar-refractivity contribution in [2.24, 2.45) is 0 Å². The van der Waals surface area contributed by atoms with E-state index in [0.717, 1.165) is 15.9 Å². The molecule has 0 saturated carbocycles. The van der Waals surface area contributed by atoms with E-state index in [1.54, 1.807) is 23.7 Å². The number of carbonyl (C=O) groups excluding carboxylic acids is 1. The number of rotatable bonds is 5. The molecule has 0 aliphatic rings. The SMILES string of the molecule is Cc1nn(-c2ccc(Br)cc2)c(C)c1C(=O)NCC(O)c1ccco1. The molecule has 7 heteroatoms. The zero-order valence-corrected chi connectivity index (χ0v) is 15.4. The highest BCUT2D eigenvalue weighted by molar-refractivity contribution is 9.10. The van der Waals surface area contributed by atoms with Gasteiger partial charge in [-0.2, -0.15) is 5.10 Å². The number of nitrogens with one attached hydrogen (secondary N) is 1. The maximum atomic E-state index is 12.5. The van der Waals surface area contributed by atoms with Crippen LogP contribution in [0.2, 0.25) is 0 Å². The molecule has 0 bridgehead atoms. The lowest BCUT2D eigenvalue weighted by atomic mass is 10.1. The van der Waals surface area contributed by atoms with Gasteiger partial charge in [0.15, 0.2) is 0 Å². The van der Waals surface area contributed by atoms with E-state index in [0.29, 0.717) is 17.0 Å². The Morgan fingerprint density at radius 1 is 1.32 bits per heavy atom. The summed E-state index contributed by atoms with van der Waals surface area (Å²) < 4.78 is 7.84. The maximum absolute atomic E-state index is 12.5. The van der Waals surface area contributed by atoms with Crippen LogP contribution in [0, 0.1) is 13.8 Å². The summed E-state index contributed by atoms with van der Waals surface area (Å²) in [7, 11) is 0. The zero-order valence-electron chi connectivity index (χ0n) is 13.9. The van der Waals surface area contributed by atoms with Gasteiger partial charge in [-0.05, 0) is 50.2 Å². The Morgan fingerprint density at radius 3 is 2.68 bits per heavy atom. The van der Waals surface area contributed by atoms with Crippen molar-refractivity contribution in [3.05, 3.63) is 69.8 Å². The normalized spacial score (nSPS) is 12.2.